The number of carbonyl (C=O) groups is 2. The number of aromatic nitrogens is 1. The maximum absolute atomic E-state index is 12.0. The van der Waals surface area contributed by atoms with Crippen molar-refractivity contribution in [2.45, 2.75) is 19.4 Å². The van der Waals surface area contributed by atoms with Crippen molar-refractivity contribution in [2.24, 2.45) is 0 Å². The molecule has 0 saturated heterocycles. The fraction of sp³-hybridized carbons (Fsp3) is 0.235. The van der Waals surface area contributed by atoms with E-state index in [9.17, 15) is 9.59 Å². The van der Waals surface area contributed by atoms with E-state index in [1.807, 2.05) is 31.2 Å². The summed E-state index contributed by atoms with van der Waals surface area (Å²) in [5, 5.41) is 2.86. The highest BCUT2D eigenvalue weighted by molar-refractivity contribution is 9.10. The van der Waals surface area contributed by atoms with Crippen LogP contribution in [0.5, 0.6) is 0 Å². The zero-order valence-corrected chi connectivity index (χ0v) is 14.2. The summed E-state index contributed by atoms with van der Waals surface area (Å²) in [5.41, 5.74) is 1.32. The molecule has 0 spiro atoms. The third kappa shape index (κ3) is 5.17. The monoisotopic (exact) mass is 376 g/mol. The molecule has 0 bridgehead atoms. The van der Waals surface area contributed by atoms with Crippen LogP contribution in [-0.2, 0) is 9.53 Å². The number of halogens is 1. The number of hydrogen-bond donors (Lipinski definition) is 1. The maximum Gasteiger partial charge on any atom is 0.340 e. The molecule has 0 aliphatic heterocycles. The number of pyridine rings is 1. The van der Waals surface area contributed by atoms with E-state index in [0.29, 0.717) is 5.56 Å². The van der Waals surface area contributed by atoms with Gasteiger partial charge in [-0.3, -0.25) is 9.78 Å². The lowest BCUT2D eigenvalue weighted by atomic mass is 10.0. The van der Waals surface area contributed by atoms with E-state index < -0.39 is 5.97 Å². The topological polar surface area (TPSA) is 68.3 Å². The first-order chi connectivity index (χ1) is 11.1. The highest BCUT2D eigenvalue weighted by atomic mass is 79.9. The molecule has 1 N–H and O–H groups in total. The van der Waals surface area contributed by atoms with Gasteiger partial charge >= 0.3 is 5.97 Å². The summed E-state index contributed by atoms with van der Waals surface area (Å²) >= 11 is 3.38. The summed E-state index contributed by atoms with van der Waals surface area (Å²) in [6, 6.07) is 10.8. The molecule has 0 radical (unpaired) electrons. The minimum Gasteiger partial charge on any atom is -0.452 e. The first kappa shape index (κ1) is 17.1. The number of esters is 1. The normalized spacial score (nSPS) is 11.6. The van der Waals surface area contributed by atoms with E-state index in [1.165, 1.54) is 6.20 Å². The molecule has 1 amide bonds. The molecule has 2 rings (SSSR count). The van der Waals surface area contributed by atoms with Gasteiger partial charge in [0.1, 0.15) is 0 Å². The Morgan fingerprint density at radius 1 is 1.26 bits per heavy atom. The van der Waals surface area contributed by atoms with E-state index in [2.05, 4.69) is 26.2 Å². The first-order valence-corrected chi connectivity index (χ1v) is 8.01. The number of benzene rings is 1. The molecule has 0 aliphatic carbocycles. The van der Waals surface area contributed by atoms with E-state index in [4.69, 9.17) is 4.74 Å². The van der Waals surface area contributed by atoms with Gasteiger partial charge in [0.25, 0.3) is 5.91 Å². The second-order valence-corrected chi connectivity index (χ2v) is 5.81. The van der Waals surface area contributed by atoms with Gasteiger partial charge in [-0.15, -0.1) is 0 Å². The summed E-state index contributed by atoms with van der Waals surface area (Å²) in [6.45, 7) is 1.66. The van der Waals surface area contributed by atoms with Crippen LogP contribution >= 0.6 is 15.9 Å². The number of hydrogen-bond acceptors (Lipinski definition) is 4. The van der Waals surface area contributed by atoms with Crippen molar-refractivity contribution >= 4 is 27.8 Å². The SMILES string of the molecule is CC[C@@H](NC(=O)COC(=O)c1cccnc1)c1ccc(Br)cc1. The second kappa shape index (κ2) is 8.43. The van der Waals surface area contributed by atoms with Gasteiger partial charge in [-0.25, -0.2) is 4.79 Å². The van der Waals surface area contributed by atoms with Gasteiger partial charge in [0, 0.05) is 16.9 Å². The van der Waals surface area contributed by atoms with Crippen molar-refractivity contribution in [1.82, 2.24) is 10.3 Å². The van der Waals surface area contributed by atoms with Crippen LogP contribution in [0.4, 0.5) is 0 Å². The summed E-state index contributed by atoms with van der Waals surface area (Å²) in [6.07, 6.45) is 3.70. The Hall–Kier alpha value is -2.21. The van der Waals surface area contributed by atoms with Gasteiger partial charge in [0.05, 0.1) is 11.6 Å². The molecule has 120 valence electrons. The van der Waals surface area contributed by atoms with Crippen molar-refractivity contribution in [3.63, 3.8) is 0 Å². The molecule has 1 heterocycles. The molecule has 1 aromatic heterocycles. The van der Waals surface area contributed by atoms with E-state index in [1.54, 1.807) is 18.3 Å². The molecule has 1 aromatic carbocycles. The second-order valence-electron chi connectivity index (χ2n) is 4.90. The number of nitrogens with one attached hydrogen (secondary N) is 1. The van der Waals surface area contributed by atoms with Crippen molar-refractivity contribution in [3.05, 3.63) is 64.4 Å². The lowest BCUT2D eigenvalue weighted by Gasteiger charge is -2.17. The van der Waals surface area contributed by atoms with E-state index in [-0.39, 0.29) is 18.6 Å². The molecule has 0 fully saturated rings. The van der Waals surface area contributed by atoms with Crippen LogP contribution in [0.2, 0.25) is 0 Å². The van der Waals surface area contributed by atoms with Crippen molar-refractivity contribution in [1.29, 1.82) is 0 Å². The Morgan fingerprint density at radius 3 is 2.61 bits per heavy atom. The quantitative estimate of drug-likeness (QED) is 0.785. The molecule has 1 atom stereocenters. The predicted molar refractivity (Wildman–Crippen MR) is 89.8 cm³/mol. The lowest BCUT2D eigenvalue weighted by molar-refractivity contribution is -0.125. The molecular formula is C17H17BrN2O3. The van der Waals surface area contributed by atoms with Crippen LogP contribution in [-0.4, -0.2) is 23.5 Å². The van der Waals surface area contributed by atoms with Crippen LogP contribution in [0.25, 0.3) is 0 Å². The zero-order chi connectivity index (χ0) is 16.7. The van der Waals surface area contributed by atoms with Crippen LogP contribution in [0.1, 0.15) is 35.3 Å². The van der Waals surface area contributed by atoms with Crippen molar-refractivity contribution in [3.8, 4) is 0 Å². The van der Waals surface area contributed by atoms with Crippen LogP contribution in [0, 0.1) is 0 Å². The van der Waals surface area contributed by atoms with Crippen LogP contribution in [0.15, 0.2) is 53.3 Å². The Morgan fingerprint density at radius 2 is 2.00 bits per heavy atom. The number of ether oxygens (including phenoxy) is 1. The molecule has 6 heteroatoms. The zero-order valence-electron chi connectivity index (χ0n) is 12.7. The summed E-state index contributed by atoms with van der Waals surface area (Å²) in [4.78, 5) is 27.6. The standard InChI is InChI=1S/C17H17BrN2O3/c1-2-15(12-5-7-14(18)8-6-12)20-16(21)11-23-17(22)13-4-3-9-19-10-13/h3-10,15H,2,11H2,1H3,(H,20,21)/t15-/m1/s1. The van der Waals surface area contributed by atoms with Gasteiger partial charge in [-0.1, -0.05) is 35.0 Å². The van der Waals surface area contributed by atoms with Crippen LogP contribution < -0.4 is 5.32 Å². The summed E-state index contributed by atoms with van der Waals surface area (Å²) in [5.74, 6) is -0.901. The summed E-state index contributed by atoms with van der Waals surface area (Å²) < 4.78 is 5.97. The van der Waals surface area contributed by atoms with E-state index in [0.717, 1.165) is 16.5 Å². The molecule has 0 aliphatic rings. The Kier molecular flexibility index (Phi) is 6.29. The Bertz CT molecular complexity index is 659. The number of carbonyl (C=O) groups excluding carboxylic acids is 2. The first-order valence-electron chi connectivity index (χ1n) is 7.22. The molecule has 2 aromatic rings. The molecule has 0 saturated carbocycles. The fourth-order valence-corrected chi connectivity index (χ4v) is 2.31. The average molecular weight is 377 g/mol. The molecule has 23 heavy (non-hydrogen) atoms. The number of nitrogens with zero attached hydrogens (tertiary/aromatic N) is 1. The van der Waals surface area contributed by atoms with Gasteiger partial charge in [-0.2, -0.15) is 0 Å². The van der Waals surface area contributed by atoms with Gasteiger partial charge in [0.15, 0.2) is 6.61 Å². The Labute approximate surface area is 143 Å². The average Bonchev–Trinajstić information content (AvgIpc) is 2.59. The molecular weight excluding hydrogens is 360 g/mol. The molecule has 0 unspecified atom stereocenters. The minimum absolute atomic E-state index is 0.118. The molecule has 5 nitrogen and oxygen atoms in total. The minimum atomic E-state index is -0.565. The van der Waals surface area contributed by atoms with Crippen molar-refractivity contribution in [2.75, 3.05) is 6.61 Å². The van der Waals surface area contributed by atoms with E-state index >= 15 is 0 Å². The highest BCUT2D eigenvalue weighted by Crippen LogP contribution is 2.19. The smallest absolute Gasteiger partial charge is 0.340 e. The summed E-state index contributed by atoms with van der Waals surface area (Å²) in [7, 11) is 0. The van der Waals surface area contributed by atoms with Crippen LogP contribution in [0.3, 0.4) is 0 Å². The van der Waals surface area contributed by atoms with Gasteiger partial charge in [0.2, 0.25) is 0 Å². The fourth-order valence-electron chi connectivity index (χ4n) is 2.05. The largest absolute Gasteiger partial charge is 0.452 e. The number of amides is 1. The predicted octanol–water partition coefficient (Wildman–Crippen LogP) is 3.27. The lowest BCUT2D eigenvalue weighted by Crippen LogP contribution is -2.32. The maximum atomic E-state index is 12.0. The number of rotatable bonds is 6. The van der Waals surface area contributed by atoms with Gasteiger partial charge < -0.3 is 10.1 Å². The third-order valence-electron chi connectivity index (χ3n) is 3.25. The van der Waals surface area contributed by atoms with Crippen molar-refractivity contribution < 1.29 is 14.3 Å². The Balaban J connectivity index is 1.88. The third-order valence-corrected chi connectivity index (χ3v) is 3.78. The van der Waals surface area contributed by atoms with Gasteiger partial charge in [-0.05, 0) is 36.2 Å². The highest BCUT2D eigenvalue weighted by Gasteiger charge is 2.15.